The first-order chi connectivity index (χ1) is 10.9. The van der Waals surface area contributed by atoms with E-state index in [1.807, 2.05) is 11.8 Å². The Kier molecular flexibility index (Phi) is 3.99. The van der Waals surface area contributed by atoms with Crippen LogP contribution in [0.5, 0.6) is 0 Å². The van der Waals surface area contributed by atoms with Gasteiger partial charge in [0, 0.05) is 38.7 Å². The Morgan fingerprint density at radius 1 is 1.43 bits per heavy atom. The summed E-state index contributed by atoms with van der Waals surface area (Å²) in [5, 5.41) is 10.8. The van der Waals surface area contributed by atoms with Crippen molar-refractivity contribution in [2.75, 3.05) is 11.9 Å². The van der Waals surface area contributed by atoms with Gasteiger partial charge in [-0.15, -0.1) is 0 Å². The van der Waals surface area contributed by atoms with E-state index < -0.39 is 0 Å². The SMILES string of the molecule is Cc1cc(NC(=O)[C@H](C)N2CCc3nn(C)c(=O)cc3C2)no1. The van der Waals surface area contributed by atoms with Gasteiger partial charge in [0.2, 0.25) is 5.91 Å². The molecule has 122 valence electrons. The van der Waals surface area contributed by atoms with E-state index in [1.165, 1.54) is 4.68 Å². The van der Waals surface area contributed by atoms with Crippen LogP contribution in [0, 0.1) is 6.92 Å². The molecule has 23 heavy (non-hydrogen) atoms. The van der Waals surface area contributed by atoms with Crippen molar-refractivity contribution in [3.05, 3.63) is 39.5 Å². The molecule has 0 spiro atoms. The summed E-state index contributed by atoms with van der Waals surface area (Å²) in [6, 6.07) is 2.92. The van der Waals surface area contributed by atoms with Crippen molar-refractivity contribution in [2.45, 2.75) is 32.9 Å². The minimum absolute atomic E-state index is 0.138. The molecule has 1 aliphatic heterocycles. The van der Waals surface area contributed by atoms with Crippen LogP contribution in [-0.4, -0.2) is 38.3 Å². The van der Waals surface area contributed by atoms with Crippen LogP contribution >= 0.6 is 0 Å². The Labute approximate surface area is 133 Å². The molecule has 3 heterocycles. The minimum atomic E-state index is -0.343. The third-order valence-electron chi connectivity index (χ3n) is 4.07. The van der Waals surface area contributed by atoms with E-state index >= 15 is 0 Å². The van der Waals surface area contributed by atoms with Gasteiger partial charge in [-0.25, -0.2) is 4.68 Å². The van der Waals surface area contributed by atoms with Gasteiger partial charge in [0.05, 0.1) is 11.7 Å². The summed E-state index contributed by atoms with van der Waals surface area (Å²) in [7, 11) is 1.64. The molecule has 1 atom stereocenters. The van der Waals surface area contributed by atoms with Crippen LogP contribution < -0.4 is 10.9 Å². The van der Waals surface area contributed by atoms with Crippen molar-refractivity contribution >= 4 is 11.7 Å². The maximum Gasteiger partial charge on any atom is 0.266 e. The molecule has 8 nitrogen and oxygen atoms in total. The predicted octanol–water partition coefficient (Wildman–Crippen LogP) is 0.462. The highest BCUT2D eigenvalue weighted by Crippen LogP contribution is 2.18. The van der Waals surface area contributed by atoms with Crippen molar-refractivity contribution in [3.8, 4) is 0 Å². The molecular weight excluding hydrogens is 298 g/mol. The summed E-state index contributed by atoms with van der Waals surface area (Å²) in [6.45, 7) is 4.85. The number of hydrogen-bond acceptors (Lipinski definition) is 6. The van der Waals surface area contributed by atoms with Crippen LogP contribution in [-0.2, 0) is 24.8 Å². The van der Waals surface area contributed by atoms with E-state index in [2.05, 4.69) is 15.6 Å². The van der Waals surface area contributed by atoms with Crippen LogP contribution in [0.1, 0.15) is 23.9 Å². The Balaban J connectivity index is 1.71. The summed E-state index contributed by atoms with van der Waals surface area (Å²) in [6.07, 6.45) is 0.712. The molecular formula is C15H19N5O3. The monoisotopic (exact) mass is 317 g/mol. The minimum Gasteiger partial charge on any atom is -0.360 e. The summed E-state index contributed by atoms with van der Waals surface area (Å²) >= 11 is 0. The van der Waals surface area contributed by atoms with Crippen molar-refractivity contribution in [3.63, 3.8) is 0 Å². The summed E-state index contributed by atoms with van der Waals surface area (Å²) in [5.74, 6) is 0.896. The molecule has 8 heteroatoms. The van der Waals surface area contributed by atoms with E-state index in [0.717, 1.165) is 11.3 Å². The maximum absolute atomic E-state index is 12.3. The molecule has 1 amide bonds. The van der Waals surface area contributed by atoms with Gasteiger partial charge in [-0.1, -0.05) is 5.16 Å². The smallest absolute Gasteiger partial charge is 0.266 e. The molecule has 2 aromatic heterocycles. The molecule has 0 radical (unpaired) electrons. The Bertz CT molecular complexity index is 795. The number of nitrogens with one attached hydrogen (secondary N) is 1. The van der Waals surface area contributed by atoms with Gasteiger partial charge in [0.15, 0.2) is 5.82 Å². The Hall–Kier alpha value is -2.48. The molecule has 1 aliphatic rings. The number of amides is 1. The standard InChI is InChI=1S/C15H19N5O3/c1-9-6-13(18-23-9)16-15(22)10(2)20-5-4-12-11(8-20)7-14(21)19(3)17-12/h6-7,10H,4-5,8H2,1-3H3,(H,16,18,22)/t10-/m0/s1. The molecule has 0 fully saturated rings. The topological polar surface area (TPSA) is 93.3 Å². The zero-order valence-corrected chi connectivity index (χ0v) is 13.4. The number of fused-ring (bicyclic) bond motifs is 1. The van der Waals surface area contributed by atoms with Crippen LogP contribution in [0.4, 0.5) is 5.82 Å². The number of hydrogen-bond donors (Lipinski definition) is 1. The van der Waals surface area contributed by atoms with E-state index in [4.69, 9.17) is 4.52 Å². The fourth-order valence-corrected chi connectivity index (χ4v) is 2.67. The van der Waals surface area contributed by atoms with Gasteiger partial charge in [0.25, 0.3) is 5.56 Å². The van der Waals surface area contributed by atoms with E-state index in [1.54, 1.807) is 26.1 Å². The van der Waals surface area contributed by atoms with Crippen molar-refractivity contribution < 1.29 is 9.32 Å². The summed E-state index contributed by atoms with van der Waals surface area (Å²) in [5.41, 5.74) is 1.67. The number of carbonyl (C=O) groups excluding carboxylic acids is 1. The Morgan fingerprint density at radius 3 is 2.91 bits per heavy atom. The number of carbonyl (C=O) groups is 1. The highest BCUT2D eigenvalue weighted by molar-refractivity contribution is 5.93. The highest BCUT2D eigenvalue weighted by Gasteiger charge is 2.27. The van der Waals surface area contributed by atoms with Gasteiger partial charge in [-0.3, -0.25) is 14.5 Å². The lowest BCUT2D eigenvalue weighted by molar-refractivity contribution is -0.121. The third kappa shape index (κ3) is 3.16. The fourth-order valence-electron chi connectivity index (χ4n) is 2.67. The summed E-state index contributed by atoms with van der Waals surface area (Å²) < 4.78 is 6.28. The summed E-state index contributed by atoms with van der Waals surface area (Å²) in [4.78, 5) is 26.1. The highest BCUT2D eigenvalue weighted by atomic mass is 16.5. The second kappa shape index (κ2) is 5.96. The molecule has 3 rings (SSSR count). The van der Waals surface area contributed by atoms with E-state index in [-0.39, 0.29) is 17.5 Å². The number of anilines is 1. The van der Waals surface area contributed by atoms with Gasteiger partial charge in [-0.2, -0.15) is 5.10 Å². The van der Waals surface area contributed by atoms with Crippen molar-refractivity contribution in [2.24, 2.45) is 7.05 Å². The van der Waals surface area contributed by atoms with Crippen molar-refractivity contribution in [1.82, 2.24) is 19.8 Å². The maximum atomic E-state index is 12.3. The average Bonchev–Trinajstić information content (AvgIpc) is 2.92. The van der Waals surface area contributed by atoms with Gasteiger partial charge in [-0.05, 0) is 19.4 Å². The van der Waals surface area contributed by atoms with Crippen LogP contribution in [0.25, 0.3) is 0 Å². The molecule has 0 aliphatic carbocycles. The fraction of sp³-hybridized carbons (Fsp3) is 0.467. The van der Waals surface area contributed by atoms with E-state index in [0.29, 0.717) is 31.1 Å². The number of aryl methyl sites for hydroxylation is 2. The van der Waals surface area contributed by atoms with Gasteiger partial charge >= 0.3 is 0 Å². The van der Waals surface area contributed by atoms with Crippen LogP contribution in [0.2, 0.25) is 0 Å². The van der Waals surface area contributed by atoms with Crippen LogP contribution in [0.3, 0.4) is 0 Å². The largest absolute Gasteiger partial charge is 0.360 e. The lowest BCUT2D eigenvalue weighted by Gasteiger charge is -2.32. The third-order valence-corrected chi connectivity index (χ3v) is 4.07. The first-order valence-corrected chi connectivity index (χ1v) is 7.48. The zero-order valence-electron chi connectivity index (χ0n) is 13.4. The first kappa shape index (κ1) is 15.4. The second-order valence-corrected chi connectivity index (χ2v) is 5.79. The van der Waals surface area contributed by atoms with Gasteiger partial charge < -0.3 is 9.84 Å². The molecule has 2 aromatic rings. The normalized spacial score (nSPS) is 16.0. The quantitative estimate of drug-likeness (QED) is 0.884. The molecule has 0 unspecified atom stereocenters. The number of aromatic nitrogens is 3. The average molecular weight is 317 g/mol. The number of nitrogens with zero attached hydrogens (tertiary/aromatic N) is 4. The molecule has 1 N–H and O–H groups in total. The molecule has 0 saturated carbocycles. The van der Waals surface area contributed by atoms with Crippen molar-refractivity contribution in [1.29, 1.82) is 0 Å². The Morgan fingerprint density at radius 2 is 2.22 bits per heavy atom. The molecule has 0 bridgehead atoms. The first-order valence-electron chi connectivity index (χ1n) is 7.48. The van der Waals surface area contributed by atoms with Gasteiger partial charge in [0.1, 0.15) is 5.76 Å². The lowest BCUT2D eigenvalue weighted by atomic mass is 10.0. The molecule has 0 aromatic carbocycles. The lowest BCUT2D eigenvalue weighted by Crippen LogP contribution is -2.45. The second-order valence-electron chi connectivity index (χ2n) is 5.79. The van der Waals surface area contributed by atoms with Crippen LogP contribution in [0.15, 0.2) is 21.5 Å². The molecule has 0 saturated heterocycles. The zero-order chi connectivity index (χ0) is 16.6. The van der Waals surface area contributed by atoms with E-state index in [9.17, 15) is 9.59 Å². The number of rotatable bonds is 3. The predicted molar refractivity (Wildman–Crippen MR) is 82.9 cm³/mol.